The molecule has 1 saturated heterocycles. The smallest absolute Gasteiger partial charge is 0.130 e. The van der Waals surface area contributed by atoms with Crippen molar-refractivity contribution in [3.05, 3.63) is 6.20 Å². The van der Waals surface area contributed by atoms with Gasteiger partial charge < -0.3 is 10.1 Å². The van der Waals surface area contributed by atoms with Gasteiger partial charge in [0.2, 0.25) is 0 Å². The average Bonchev–Trinajstić information content (AvgIpc) is 2.74. The van der Waals surface area contributed by atoms with Crippen molar-refractivity contribution < 1.29 is 4.74 Å². The molecule has 2 heterocycles. The standard InChI is InChI=1S/C7H11N3OS/c1-2-11-5-6(1)3-8-7-4-9-10-12-7/h4,6,8H,1-3,5H2. The highest BCUT2D eigenvalue weighted by Gasteiger charge is 2.14. The Morgan fingerprint density at radius 2 is 2.75 bits per heavy atom. The van der Waals surface area contributed by atoms with E-state index in [1.165, 1.54) is 18.0 Å². The summed E-state index contributed by atoms with van der Waals surface area (Å²) >= 11 is 1.39. The molecule has 12 heavy (non-hydrogen) atoms. The minimum atomic E-state index is 0.659. The lowest BCUT2D eigenvalue weighted by molar-refractivity contribution is 0.187. The second-order valence-corrected chi connectivity index (χ2v) is 3.68. The van der Waals surface area contributed by atoms with Crippen molar-refractivity contribution in [2.75, 3.05) is 25.1 Å². The maximum absolute atomic E-state index is 5.26. The van der Waals surface area contributed by atoms with E-state index in [2.05, 4.69) is 14.9 Å². The van der Waals surface area contributed by atoms with E-state index in [1.54, 1.807) is 6.20 Å². The van der Waals surface area contributed by atoms with Gasteiger partial charge in [-0.05, 0) is 6.42 Å². The van der Waals surface area contributed by atoms with Crippen LogP contribution in [-0.4, -0.2) is 29.3 Å². The van der Waals surface area contributed by atoms with E-state index in [0.29, 0.717) is 5.92 Å². The Hall–Kier alpha value is -0.680. The van der Waals surface area contributed by atoms with Crippen LogP contribution in [0.15, 0.2) is 6.20 Å². The third-order valence-electron chi connectivity index (χ3n) is 1.95. The molecule has 1 fully saturated rings. The van der Waals surface area contributed by atoms with Crippen LogP contribution >= 0.6 is 11.5 Å². The van der Waals surface area contributed by atoms with Gasteiger partial charge in [-0.25, -0.2) is 0 Å². The van der Waals surface area contributed by atoms with Crippen molar-refractivity contribution in [1.29, 1.82) is 0 Å². The molecule has 4 nitrogen and oxygen atoms in total. The van der Waals surface area contributed by atoms with E-state index in [9.17, 15) is 0 Å². The molecule has 0 aliphatic carbocycles. The molecule has 1 atom stereocenters. The zero-order valence-electron chi connectivity index (χ0n) is 6.69. The van der Waals surface area contributed by atoms with Gasteiger partial charge in [-0.3, -0.25) is 0 Å². The molecule has 0 spiro atoms. The van der Waals surface area contributed by atoms with E-state index in [-0.39, 0.29) is 0 Å². The molecule has 1 aliphatic heterocycles. The predicted octanol–water partition coefficient (Wildman–Crippen LogP) is 0.986. The zero-order chi connectivity index (χ0) is 8.23. The molecule has 1 N–H and O–H groups in total. The third-order valence-corrected chi connectivity index (χ3v) is 2.57. The zero-order valence-corrected chi connectivity index (χ0v) is 7.51. The Morgan fingerprint density at radius 3 is 3.42 bits per heavy atom. The van der Waals surface area contributed by atoms with Crippen molar-refractivity contribution in [3.63, 3.8) is 0 Å². The molecule has 0 bridgehead atoms. The van der Waals surface area contributed by atoms with Crippen molar-refractivity contribution in [3.8, 4) is 0 Å². The van der Waals surface area contributed by atoms with Gasteiger partial charge in [0.25, 0.3) is 0 Å². The minimum Gasteiger partial charge on any atom is -0.381 e. The highest BCUT2D eigenvalue weighted by Crippen LogP contribution is 2.15. The summed E-state index contributed by atoms with van der Waals surface area (Å²) in [6.07, 6.45) is 2.92. The van der Waals surface area contributed by atoms with Gasteiger partial charge in [0.05, 0.1) is 12.8 Å². The lowest BCUT2D eigenvalue weighted by Gasteiger charge is -2.06. The number of nitrogens with one attached hydrogen (secondary N) is 1. The van der Waals surface area contributed by atoms with Crippen molar-refractivity contribution in [1.82, 2.24) is 9.59 Å². The molecule has 1 aromatic rings. The molecule has 2 rings (SSSR count). The van der Waals surface area contributed by atoms with E-state index < -0.39 is 0 Å². The summed E-state index contributed by atoms with van der Waals surface area (Å²) < 4.78 is 9.02. The molecule has 1 aliphatic rings. The van der Waals surface area contributed by atoms with Gasteiger partial charge in [-0.2, -0.15) is 0 Å². The number of aromatic nitrogens is 2. The largest absolute Gasteiger partial charge is 0.381 e. The Bertz CT molecular complexity index is 221. The molecular weight excluding hydrogens is 174 g/mol. The second-order valence-electron chi connectivity index (χ2n) is 2.89. The van der Waals surface area contributed by atoms with E-state index in [0.717, 1.165) is 24.8 Å². The first kappa shape index (κ1) is 7.94. The van der Waals surface area contributed by atoms with Crippen LogP contribution in [0.3, 0.4) is 0 Å². The lowest BCUT2D eigenvalue weighted by atomic mass is 10.1. The number of hydrogen-bond acceptors (Lipinski definition) is 5. The van der Waals surface area contributed by atoms with Crippen LogP contribution in [0, 0.1) is 5.92 Å². The first-order valence-electron chi connectivity index (χ1n) is 4.04. The summed E-state index contributed by atoms with van der Waals surface area (Å²) in [7, 11) is 0. The fourth-order valence-electron chi connectivity index (χ4n) is 1.23. The van der Waals surface area contributed by atoms with Crippen LogP contribution in [0.25, 0.3) is 0 Å². The molecule has 1 unspecified atom stereocenters. The van der Waals surface area contributed by atoms with Crippen molar-refractivity contribution in [2.45, 2.75) is 6.42 Å². The summed E-state index contributed by atoms with van der Waals surface area (Å²) in [5.41, 5.74) is 0. The van der Waals surface area contributed by atoms with Crippen molar-refractivity contribution >= 4 is 16.5 Å². The molecule has 0 saturated carbocycles. The van der Waals surface area contributed by atoms with Gasteiger partial charge >= 0.3 is 0 Å². The molecule has 0 amide bonds. The average molecular weight is 185 g/mol. The first-order chi connectivity index (χ1) is 5.95. The number of ether oxygens (including phenoxy) is 1. The predicted molar refractivity (Wildman–Crippen MR) is 47.3 cm³/mol. The van der Waals surface area contributed by atoms with Crippen LogP contribution in [0.1, 0.15) is 6.42 Å². The number of nitrogens with zero attached hydrogens (tertiary/aromatic N) is 2. The molecule has 0 aromatic carbocycles. The highest BCUT2D eigenvalue weighted by atomic mass is 32.1. The fourth-order valence-corrected chi connectivity index (χ4v) is 1.66. The van der Waals surface area contributed by atoms with Crippen LogP contribution in [0.2, 0.25) is 0 Å². The van der Waals surface area contributed by atoms with Crippen LogP contribution < -0.4 is 5.32 Å². The Labute approximate surface area is 75.1 Å². The quantitative estimate of drug-likeness (QED) is 0.762. The Morgan fingerprint density at radius 1 is 1.75 bits per heavy atom. The first-order valence-corrected chi connectivity index (χ1v) is 4.81. The highest BCUT2D eigenvalue weighted by molar-refractivity contribution is 7.09. The monoisotopic (exact) mass is 185 g/mol. The van der Waals surface area contributed by atoms with Crippen LogP contribution in [-0.2, 0) is 4.74 Å². The number of hydrogen-bond donors (Lipinski definition) is 1. The maximum Gasteiger partial charge on any atom is 0.130 e. The summed E-state index contributed by atoms with van der Waals surface area (Å²) in [6, 6.07) is 0. The van der Waals surface area contributed by atoms with E-state index >= 15 is 0 Å². The molecule has 66 valence electrons. The fraction of sp³-hybridized carbons (Fsp3) is 0.714. The molecule has 1 aromatic heterocycles. The van der Waals surface area contributed by atoms with Gasteiger partial charge in [-0.15, -0.1) is 5.10 Å². The van der Waals surface area contributed by atoms with Crippen LogP contribution in [0.4, 0.5) is 5.00 Å². The lowest BCUT2D eigenvalue weighted by Crippen LogP contribution is -2.13. The van der Waals surface area contributed by atoms with Gasteiger partial charge in [0, 0.05) is 30.6 Å². The summed E-state index contributed by atoms with van der Waals surface area (Å²) in [6.45, 7) is 2.77. The summed E-state index contributed by atoms with van der Waals surface area (Å²) in [5.74, 6) is 0.659. The Kier molecular flexibility index (Phi) is 2.53. The third kappa shape index (κ3) is 1.92. The second kappa shape index (κ2) is 3.82. The SMILES string of the molecule is c1nnsc1NCC1CCOC1. The molecule has 0 radical (unpaired) electrons. The summed E-state index contributed by atoms with van der Waals surface area (Å²) in [5, 5.41) is 8.07. The van der Waals surface area contributed by atoms with Gasteiger partial charge in [0.15, 0.2) is 0 Å². The van der Waals surface area contributed by atoms with Crippen LogP contribution in [0.5, 0.6) is 0 Å². The van der Waals surface area contributed by atoms with Gasteiger partial charge in [-0.1, -0.05) is 4.49 Å². The number of rotatable bonds is 3. The number of anilines is 1. The normalized spacial score (nSPS) is 22.8. The van der Waals surface area contributed by atoms with Gasteiger partial charge in [0.1, 0.15) is 5.00 Å². The molecular formula is C7H11N3OS. The topological polar surface area (TPSA) is 47.0 Å². The Balaban J connectivity index is 1.74. The van der Waals surface area contributed by atoms with E-state index in [4.69, 9.17) is 4.74 Å². The summed E-state index contributed by atoms with van der Waals surface area (Å²) in [4.78, 5) is 0. The van der Waals surface area contributed by atoms with E-state index in [1.807, 2.05) is 0 Å². The minimum absolute atomic E-state index is 0.659. The molecule has 5 heteroatoms. The van der Waals surface area contributed by atoms with Crippen molar-refractivity contribution in [2.24, 2.45) is 5.92 Å². The maximum atomic E-state index is 5.26.